The predicted octanol–water partition coefficient (Wildman–Crippen LogP) is 3.46. The van der Waals surface area contributed by atoms with E-state index in [1.165, 1.54) is 0 Å². The maximum absolute atomic E-state index is 13.0. The SMILES string of the molecule is CCc1ccc2c(n1)C(=N)N(CC(=O)c1ccc(NCC(=O)O)c(C(C)(C)C)c1)C2. The average molecular weight is 409 g/mol. The summed E-state index contributed by atoms with van der Waals surface area (Å²) in [7, 11) is 0. The number of carboxylic acid groups (broad SMARTS) is 1. The van der Waals surface area contributed by atoms with Crippen LogP contribution in [0.1, 0.15) is 60.6 Å². The van der Waals surface area contributed by atoms with Gasteiger partial charge in [-0.3, -0.25) is 15.0 Å². The van der Waals surface area contributed by atoms with E-state index in [9.17, 15) is 9.59 Å². The highest BCUT2D eigenvalue weighted by Crippen LogP contribution is 2.31. The van der Waals surface area contributed by atoms with Crippen LogP contribution in [-0.4, -0.2) is 45.7 Å². The largest absolute Gasteiger partial charge is 0.480 e. The minimum Gasteiger partial charge on any atom is -0.480 e. The molecule has 30 heavy (non-hydrogen) atoms. The molecule has 2 heterocycles. The molecule has 158 valence electrons. The van der Waals surface area contributed by atoms with Crippen molar-refractivity contribution in [1.82, 2.24) is 9.88 Å². The number of fused-ring (bicyclic) bond motifs is 1. The summed E-state index contributed by atoms with van der Waals surface area (Å²) in [4.78, 5) is 30.2. The summed E-state index contributed by atoms with van der Waals surface area (Å²) in [6.45, 7) is 8.50. The van der Waals surface area contributed by atoms with Crippen LogP contribution in [0.4, 0.5) is 5.69 Å². The molecule has 0 aliphatic carbocycles. The number of carbonyl (C=O) groups excluding carboxylic acids is 1. The van der Waals surface area contributed by atoms with Gasteiger partial charge in [-0.1, -0.05) is 33.8 Å². The molecule has 0 bridgehead atoms. The van der Waals surface area contributed by atoms with Crippen molar-refractivity contribution in [2.75, 3.05) is 18.4 Å². The van der Waals surface area contributed by atoms with Crippen molar-refractivity contribution in [2.45, 2.75) is 46.1 Å². The van der Waals surface area contributed by atoms with E-state index in [4.69, 9.17) is 10.5 Å². The number of hydrogen-bond donors (Lipinski definition) is 3. The van der Waals surface area contributed by atoms with Gasteiger partial charge < -0.3 is 15.3 Å². The van der Waals surface area contributed by atoms with Crippen molar-refractivity contribution in [1.29, 1.82) is 5.41 Å². The first-order valence-corrected chi connectivity index (χ1v) is 10.1. The molecule has 0 fully saturated rings. The number of Topliss-reactive ketones (excluding diaryl/α,β-unsaturated/α-hetero) is 1. The van der Waals surface area contributed by atoms with Crippen LogP contribution >= 0.6 is 0 Å². The third-order valence-corrected chi connectivity index (χ3v) is 5.21. The molecule has 1 aliphatic heterocycles. The second-order valence-electron chi connectivity index (χ2n) is 8.55. The van der Waals surface area contributed by atoms with Crippen molar-refractivity contribution in [3.63, 3.8) is 0 Å². The number of amidine groups is 1. The summed E-state index contributed by atoms with van der Waals surface area (Å²) < 4.78 is 0. The first-order valence-electron chi connectivity index (χ1n) is 10.1. The normalized spacial score (nSPS) is 13.3. The van der Waals surface area contributed by atoms with Crippen molar-refractivity contribution in [3.8, 4) is 0 Å². The van der Waals surface area contributed by atoms with Gasteiger partial charge in [0.1, 0.15) is 18.1 Å². The van der Waals surface area contributed by atoms with Crippen molar-refractivity contribution in [2.24, 2.45) is 0 Å². The first-order chi connectivity index (χ1) is 14.1. The molecular weight excluding hydrogens is 380 g/mol. The number of rotatable bonds is 7. The molecule has 1 aromatic heterocycles. The molecule has 2 aromatic rings. The van der Waals surface area contributed by atoms with E-state index in [1.54, 1.807) is 17.0 Å². The van der Waals surface area contributed by atoms with Crippen molar-refractivity contribution >= 4 is 23.3 Å². The molecule has 0 spiro atoms. The van der Waals surface area contributed by atoms with Gasteiger partial charge in [-0.25, -0.2) is 4.98 Å². The smallest absolute Gasteiger partial charge is 0.322 e. The lowest BCUT2D eigenvalue weighted by Crippen LogP contribution is -2.30. The van der Waals surface area contributed by atoms with Gasteiger partial charge >= 0.3 is 5.97 Å². The zero-order valence-electron chi connectivity index (χ0n) is 17.9. The highest BCUT2D eigenvalue weighted by atomic mass is 16.4. The Balaban J connectivity index is 1.80. The van der Waals surface area contributed by atoms with Gasteiger partial charge in [0.25, 0.3) is 0 Å². The summed E-state index contributed by atoms with van der Waals surface area (Å²) in [5, 5.41) is 20.3. The van der Waals surface area contributed by atoms with E-state index in [1.807, 2.05) is 45.9 Å². The molecule has 0 saturated heterocycles. The number of ketones is 1. The van der Waals surface area contributed by atoms with Crippen molar-refractivity contribution in [3.05, 3.63) is 58.4 Å². The van der Waals surface area contributed by atoms with Gasteiger partial charge in [0, 0.05) is 29.1 Å². The number of pyridine rings is 1. The lowest BCUT2D eigenvalue weighted by molar-refractivity contribution is -0.134. The first kappa shape index (κ1) is 21.5. The maximum Gasteiger partial charge on any atom is 0.322 e. The number of hydrogen-bond acceptors (Lipinski definition) is 5. The van der Waals surface area contributed by atoms with Crippen LogP contribution in [-0.2, 0) is 23.2 Å². The zero-order chi connectivity index (χ0) is 22.1. The van der Waals surface area contributed by atoms with E-state index in [0.29, 0.717) is 23.5 Å². The number of aryl methyl sites for hydroxylation is 1. The Hall–Kier alpha value is -3.22. The van der Waals surface area contributed by atoms with Crippen molar-refractivity contribution < 1.29 is 14.7 Å². The molecule has 0 unspecified atom stereocenters. The third kappa shape index (κ3) is 4.50. The number of aromatic nitrogens is 1. The van der Waals surface area contributed by atoms with Gasteiger partial charge in [-0.15, -0.1) is 0 Å². The Morgan fingerprint density at radius 3 is 2.60 bits per heavy atom. The number of carboxylic acids is 1. The Kier molecular flexibility index (Phi) is 5.92. The van der Waals surface area contributed by atoms with E-state index in [0.717, 1.165) is 23.2 Å². The molecule has 3 rings (SSSR count). The standard InChI is InChI=1S/C23H28N4O3/c1-5-16-8-6-15-12-27(22(24)21(15)26-16)13-19(28)14-7-9-18(25-11-20(29)30)17(10-14)23(2,3)4/h6-10,24-25H,5,11-13H2,1-4H3,(H,29,30). The molecule has 7 nitrogen and oxygen atoms in total. The minimum absolute atomic E-state index is 0.0847. The number of anilines is 1. The number of benzene rings is 1. The fourth-order valence-electron chi connectivity index (χ4n) is 3.56. The van der Waals surface area contributed by atoms with Gasteiger partial charge in [0.15, 0.2) is 5.78 Å². The van der Waals surface area contributed by atoms with E-state index >= 15 is 0 Å². The van der Waals surface area contributed by atoms with E-state index in [2.05, 4.69) is 10.3 Å². The Morgan fingerprint density at radius 2 is 1.97 bits per heavy atom. The van der Waals surface area contributed by atoms with Gasteiger partial charge in [0.05, 0.1) is 6.54 Å². The summed E-state index contributed by atoms with van der Waals surface area (Å²) in [5.74, 6) is -0.745. The van der Waals surface area contributed by atoms with E-state index < -0.39 is 5.97 Å². The fourth-order valence-corrected chi connectivity index (χ4v) is 3.56. The van der Waals surface area contributed by atoms with Gasteiger partial charge in [-0.2, -0.15) is 0 Å². The summed E-state index contributed by atoms with van der Waals surface area (Å²) in [6, 6.07) is 9.25. The van der Waals surface area contributed by atoms with Gasteiger partial charge in [0.2, 0.25) is 0 Å². The average Bonchev–Trinajstić information content (AvgIpc) is 3.00. The number of nitrogens with zero attached hydrogens (tertiary/aromatic N) is 2. The van der Waals surface area contributed by atoms with E-state index in [-0.39, 0.29) is 30.1 Å². The molecule has 1 aromatic carbocycles. The Labute approximate surface area is 176 Å². The summed E-state index contributed by atoms with van der Waals surface area (Å²) in [5.41, 5.74) is 4.42. The Bertz CT molecular complexity index is 1010. The molecule has 0 saturated carbocycles. The fraction of sp³-hybridized carbons (Fsp3) is 0.391. The van der Waals surface area contributed by atoms with Crippen LogP contribution in [0, 0.1) is 5.41 Å². The zero-order valence-corrected chi connectivity index (χ0v) is 17.9. The lowest BCUT2D eigenvalue weighted by atomic mass is 9.84. The Morgan fingerprint density at radius 1 is 1.23 bits per heavy atom. The molecular formula is C23H28N4O3. The molecule has 0 radical (unpaired) electrons. The number of carbonyl (C=O) groups is 2. The number of nitrogens with one attached hydrogen (secondary N) is 2. The van der Waals surface area contributed by atoms with Crippen LogP contribution in [0.15, 0.2) is 30.3 Å². The van der Waals surface area contributed by atoms with Gasteiger partial charge in [-0.05, 0) is 41.7 Å². The maximum atomic E-state index is 13.0. The molecule has 0 atom stereocenters. The minimum atomic E-state index is -0.943. The highest BCUT2D eigenvalue weighted by Gasteiger charge is 2.28. The molecule has 7 heteroatoms. The second-order valence-corrected chi connectivity index (χ2v) is 8.55. The summed E-state index contributed by atoms with van der Waals surface area (Å²) >= 11 is 0. The monoisotopic (exact) mass is 408 g/mol. The van der Waals surface area contributed by atoms with Crippen LogP contribution in [0.25, 0.3) is 0 Å². The molecule has 1 aliphatic rings. The molecule has 3 N–H and O–H groups in total. The van der Waals surface area contributed by atoms with Crippen LogP contribution < -0.4 is 5.32 Å². The van der Waals surface area contributed by atoms with Crippen LogP contribution in [0.2, 0.25) is 0 Å². The molecule has 0 amide bonds. The van der Waals surface area contributed by atoms with Crippen LogP contribution in [0.5, 0.6) is 0 Å². The summed E-state index contributed by atoms with van der Waals surface area (Å²) in [6.07, 6.45) is 0.803. The topological polar surface area (TPSA) is 106 Å². The number of aliphatic carboxylic acids is 1. The lowest BCUT2D eigenvalue weighted by Gasteiger charge is -2.24. The quantitative estimate of drug-likeness (QED) is 0.606. The second kappa shape index (κ2) is 8.26. The third-order valence-electron chi connectivity index (χ3n) is 5.21. The predicted molar refractivity (Wildman–Crippen MR) is 116 cm³/mol. The highest BCUT2D eigenvalue weighted by molar-refractivity contribution is 6.04. The van der Waals surface area contributed by atoms with Crippen LogP contribution in [0.3, 0.4) is 0 Å².